The molecule has 5 heteroatoms. The van der Waals surface area contributed by atoms with Crippen molar-refractivity contribution in [3.8, 4) is 0 Å². The Morgan fingerprint density at radius 1 is 1.69 bits per heavy atom. The second-order valence-corrected chi connectivity index (χ2v) is 3.96. The number of carbonyl (C=O) groups excluding carboxylic acids is 1. The van der Waals surface area contributed by atoms with Gasteiger partial charge in [-0.25, -0.2) is 0 Å². The zero-order valence-corrected chi connectivity index (χ0v) is 9.79. The second-order valence-electron chi connectivity index (χ2n) is 3.96. The molecule has 0 saturated heterocycles. The molecular formula is C11H19N3O2. The van der Waals surface area contributed by atoms with E-state index in [1.54, 1.807) is 6.92 Å². The lowest BCUT2D eigenvalue weighted by atomic mass is 10.2. The monoisotopic (exact) mass is 225 g/mol. The fraction of sp³-hybridized carbons (Fsp3) is 0.636. The van der Waals surface area contributed by atoms with Crippen LogP contribution in [0.15, 0.2) is 6.07 Å². The number of H-pyrrole nitrogens is 1. The van der Waals surface area contributed by atoms with E-state index in [2.05, 4.69) is 22.4 Å². The van der Waals surface area contributed by atoms with E-state index < -0.39 is 6.10 Å². The summed E-state index contributed by atoms with van der Waals surface area (Å²) in [4.78, 5) is 11.4. The molecule has 0 aliphatic heterocycles. The molecule has 0 saturated carbocycles. The highest BCUT2D eigenvalue weighted by molar-refractivity contribution is 5.89. The van der Waals surface area contributed by atoms with Gasteiger partial charge in [0.05, 0.1) is 6.10 Å². The quantitative estimate of drug-likeness (QED) is 0.686. The van der Waals surface area contributed by atoms with Gasteiger partial charge in [0.15, 0.2) is 5.82 Å². The van der Waals surface area contributed by atoms with Gasteiger partial charge in [0, 0.05) is 18.2 Å². The Morgan fingerprint density at radius 3 is 3.06 bits per heavy atom. The number of hydrogen-bond acceptors (Lipinski definition) is 3. The van der Waals surface area contributed by atoms with Crippen molar-refractivity contribution in [1.82, 2.24) is 10.2 Å². The summed E-state index contributed by atoms with van der Waals surface area (Å²) in [5, 5.41) is 18.6. The number of aryl methyl sites for hydroxylation is 1. The molecule has 5 nitrogen and oxygen atoms in total. The number of nitrogens with zero attached hydrogens (tertiary/aromatic N) is 1. The van der Waals surface area contributed by atoms with E-state index >= 15 is 0 Å². The van der Waals surface area contributed by atoms with Gasteiger partial charge in [-0.05, 0) is 19.8 Å². The Bertz CT molecular complexity index is 334. The fourth-order valence-electron chi connectivity index (χ4n) is 1.37. The van der Waals surface area contributed by atoms with E-state index in [1.807, 2.05) is 6.07 Å². The number of anilines is 1. The third kappa shape index (κ3) is 4.44. The molecule has 16 heavy (non-hydrogen) atoms. The minimum atomic E-state index is -0.444. The van der Waals surface area contributed by atoms with Crippen molar-refractivity contribution in [3.63, 3.8) is 0 Å². The summed E-state index contributed by atoms with van der Waals surface area (Å²) in [6.45, 7) is 3.75. The van der Waals surface area contributed by atoms with Crippen LogP contribution in [-0.4, -0.2) is 27.3 Å². The molecule has 0 fully saturated rings. The van der Waals surface area contributed by atoms with E-state index in [0.717, 1.165) is 18.5 Å². The highest BCUT2D eigenvalue weighted by Gasteiger charge is 2.07. The first kappa shape index (κ1) is 12.7. The van der Waals surface area contributed by atoms with Gasteiger partial charge in [0.1, 0.15) is 0 Å². The van der Waals surface area contributed by atoms with Crippen LogP contribution in [0.1, 0.15) is 38.8 Å². The van der Waals surface area contributed by atoms with Crippen molar-refractivity contribution in [2.45, 2.75) is 45.6 Å². The number of carbonyl (C=O) groups is 1. The first-order valence-corrected chi connectivity index (χ1v) is 5.64. The Kier molecular flexibility index (Phi) is 4.98. The Balaban J connectivity index is 2.37. The summed E-state index contributed by atoms with van der Waals surface area (Å²) >= 11 is 0. The molecule has 1 atom stereocenters. The molecular weight excluding hydrogens is 206 g/mol. The van der Waals surface area contributed by atoms with Crippen LogP contribution in [-0.2, 0) is 11.2 Å². The molecule has 1 heterocycles. The topological polar surface area (TPSA) is 78.0 Å². The van der Waals surface area contributed by atoms with Crippen LogP contribution >= 0.6 is 0 Å². The molecule has 0 aliphatic carbocycles. The Morgan fingerprint density at radius 2 is 2.44 bits per heavy atom. The van der Waals surface area contributed by atoms with Crippen LogP contribution < -0.4 is 5.32 Å². The van der Waals surface area contributed by atoms with Crippen molar-refractivity contribution >= 4 is 11.7 Å². The molecule has 1 aromatic rings. The Hall–Kier alpha value is -1.36. The third-order valence-electron chi connectivity index (χ3n) is 2.21. The van der Waals surface area contributed by atoms with E-state index in [1.165, 1.54) is 0 Å². The SMILES string of the molecule is CCCc1cc(NC(=O)CCC(C)O)n[nH]1. The lowest BCUT2D eigenvalue weighted by molar-refractivity contribution is -0.116. The van der Waals surface area contributed by atoms with E-state index in [4.69, 9.17) is 5.11 Å². The number of aliphatic hydroxyl groups is 1. The van der Waals surface area contributed by atoms with Crippen molar-refractivity contribution in [2.24, 2.45) is 0 Å². The molecule has 0 spiro atoms. The second kappa shape index (κ2) is 6.27. The van der Waals surface area contributed by atoms with Crippen molar-refractivity contribution in [2.75, 3.05) is 5.32 Å². The van der Waals surface area contributed by atoms with Crippen molar-refractivity contribution in [3.05, 3.63) is 11.8 Å². The molecule has 0 aliphatic rings. The molecule has 3 N–H and O–H groups in total. The summed E-state index contributed by atoms with van der Waals surface area (Å²) in [5.74, 6) is 0.439. The van der Waals surface area contributed by atoms with Crippen LogP contribution in [0.3, 0.4) is 0 Å². The predicted molar refractivity (Wildman–Crippen MR) is 62.1 cm³/mol. The van der Waals surface area contributed by atoms with Gasteiger partial charge in [0.2, 0.25) is 5.91 Å². The highest BCUT2D eigenvalue weighted by Crippen LogP contribution is 2.08. The molecule has 1 amide bonds. The average molecular weight is 225 g/mol. The smallest absolute Gasteiger partial charge is 0.225 e. The largest absolute Gasteiger partial charge is 0.393 e. The number of nitrogens with one attached hydrogen (secondary N) is 2. The zero-order valence-electron chi connectivity index (χ0n) is 9.79. The average Bonchev–Trinajstić information content (AvgIpc) is 2.63. The number of aliphatic hydroxyl groups excluding tert-OH is 1. The van der Waals surface area contributed by atoms with E-state index in [0.29, 0.717) is 18.7 Å². The first-order chi connectivity index (χ1) is 7.61. The van der Waals surface area contributed by atoms with E-state index in [9.17, 15) is 4.79 Å². The minimum Gasteiger partial charge on any atom is -0.393 e. The number of rotatable bonds is 6. The standard InChI is InChI=1S/C11H19N3O2/c1-3-4-9-7-10(14-13-9)12-11(16)6-5-8(2)15/h7-8,15H,3-6H2,1-2H3,(H2,12,13,14,16). The van der Waals surface area contributed by atoms with Gasteiger partial charge in [-0.2, -0.15) is 5.10 Å². The summed E-state index contributed by atoms with van der Waals surface area (Å²) in [6, 6.07) is 1.84. The lowest BCUT2D eigenvalue weighted by Gasteiger charge is -2.03. The maximum absolute atomic E-state index is 11.4. The Labute approximate surface area is 95.3 Å². The predicted octanol–water partition coefficient (Wildman–Crippen LogP) is 1.46. The summed E-state index contributed by atoms with van der Waals surface area (Å²) in [5.41, 5.74) is 1.02. The maximum atomic E-state index is 11.4. The van der Waals surface area contributed by atoms with Crippen LogP contribution in [0.5, 0.6) is 0 Å². The highest BCUT2D eigenvalue weighted by atomic mass is 16.3. The molecule has 0 bridgehead atoms. The fourth-order valence-corrected chi connectivity index (χ4v) is 1.37. The number of hydrogen-bond donors (Lipinski definition) is 3. The normalized spacial score (nSPS) is 12.4. The first-order valence-electron chi connectivity index (χ1n) is 5.64. The third-order valence-corrected chi connectivity index (χ3v) is 2.21. The molecule has 0 radical (unpaired) electrons. The van der Waals surface area contributed by atoms with Gasteiger partial charge >= 0.3 is 0 Å². The van der Waals surface area contributed by atoms with Gasteiger partial charge in [-0.1, -0.05) is 13.3 Å². The molecule has 1 aromatic heterocycles. The van der Waals surface area contributed by atoms with Gasteiger partial charge in [-0.3, -0.25) is 9.89 Å². The molecule has 1 rings (SSSR count). The van der Waals surface area contributed by atoms with Crippen LogP contribution in [0.2, 0.25) is 0 Å². The van der Waals surface area contributed by atoms with Gasteiger partial charge in [0.25, 0.3) is 0 Å². The van der Waals surface area contributed by atoms with Crippen molar-refractivity contribution in [1.29, 1.82) is 0 Å². The number of amides is 1. The van der Waals surface area contributed by atoms with Gasteiger partial charge < -0.3 is 10.4 Å². The summed E-state index contributed by atoms with van der Waals surface area (Å²) in [7, 11) is 0. The molecule has 0 aromatic carbocycles. The van der Waals surface area contributed by atoms with Crippen LogP contribution in [0.25, 0.3) is 0 Å². The van der Waals surface area contributed by atoms with Crippen LogP contribution in [0, 0.1) is 0 Å². The summed E-state index contributed by atoms with van der Waals surface area (Å²) in [6.07, 6.45) is 2.31. The summed E-state index contributed by atoms with van der Waals surface area (Å²) < 4.78 is 0. The van der Waals surface area contributed by atoms with Gasteiger partial charge in [-0.15, -0.1) is 0 Å². The number of aromatic amines is 1. The van der Waals surface area contributed by atoms with Crippen molar-refractivity contribution < 1.29 is 9.90 Å². The number of aromatic nitrogens is 2. The molecule has 90 valence electrons. The molecule has 1 unspecified atom stereocenters. The maximum Gasteiger partial charge on any atom is 0.225 e. The zero-order chi connectivity index (χ0) is 12.0. The lowest BCUT2D eigenvalue weighted by Crippen LogP contribution is -2.14. The van der Waals surface area contributed by atoms with E-state index in [-0.39, 0.29) is 5.91 Å². The van der Waals surface area contributed by atoms with Crippen LogP contribution in [0.4, 0.5) is 5.82 Å². The minimum absolute atomic E-state index is 0.115.